The van der Waals surface area contributed by atoms with E-state index in [0.717, 1.165) is 12.8 Å². The van der Waals surface area contributed by atoms with Crippen molar-refractivity contribution in [2.24, 2.45) is 0 Å². The smallest absolute Gasteiger partial charge is 0.408 e. The number of nitrogens with zero attached hydrogens (tertiary/aromatic N) is 1. The average Bonchev–Trinajstić information content (AvgIpc) is 3.55. The molecule has 0 aliphatic heterocycles. The predicted octanol–water partition coefficient (Wildman–Crippen LogP) is 2.92. The van der Waals surface area contributed by atoms with Crippen LogP contribution in [0.1, 0.15) is 77.5 Å². The molecule has 1 fully saturated rings. The molecule has 0 bridgehead atoms. The van der Waals surface area contributed by atoms with Gasteiger partial charge >= 0.3 is 6.09 Å². The third-order valence-electron chi connectivity index (χ3n) is 5.54. The van der Waals surface area contributed by atoms with E-state index in [1.165, 1.54) is 11.0 Å². The standard InChI is InChI=1S/C25H39N3O6/c1-7-8-16(3)26-22(31)21(17-9-12-20(30)15(2)13-17)28(18-10-11-18)23(32)19(14-29)27-24(33)34-25(4,5)6/h9,12-13,16,18-19,21,29-30H,7-8,10-11,14H2,1-6H3,(H,26,31)(H,27,33). The first kappa shape index (κ1) is 27.4. The second kappa shape index (κ2) is 11.6. The number of phenolic OH excluding ortho intramolecular Hbond substituents is 1. The summed E-state index contributed by atoms with van der Waals surface area (Å²) in [6.07, 6.45) is 2.27. The van der Waals surface area contributed by atoms with E-state index in [1.807, 2.05) is 13.8 Å². The molecule has 0 spiro atoms. The number of aliphatic hydroxyl groups is 1. The minimum Gasteiger partial charge on any atom is -0.508 e. The number of ether oxygens (including phenoxy) is 1. The van der Waals surface area contributed by atoms with Gasteiger partial charge in [-0.25, -0.2) is 4.79 Å². The van der Waals surface area contributed by atoms with Crippen LogP contribution in [0.5, 0.6) is 5.75 Å². The van der Waals surface area contributed by atoms with Crippen LogP contribution >= 0.6 is 0 Å². The third-order valence-corrected chi connectivity index (χ3v) is 5.54. The van der Waals surface area contributed by atoms with E-state index < -0.39 is 36.3 Å². The predicted molar refractivity (Wildman–Crippen MR) is 128 cm³/mol. The lowest BCUT2D eigenvalue weighted by Gasteiger charge is -2.35. The van der Waals surface area contributed by atoms with Gasteiger partial charge in [0.25, 0.3) is 0 Å². The Kier molecular flexibility index (Phi) is 9.32. The third kappa shape index (κ3) is 7.62. The molecule has 0 radical (unpaired) electrons. The minimum atomic E-state index is -1.27. The van der Waals surface area contributed by atoms with Crippen LogP contribution in [0.4, 0.5) is 4.79 Å². The van der Waals surface area contributed by atoms with Crippen molar-refractivity contribution in [3.8, 4) is 5.75 Å². The Balaban J connectivity index is 2.40. The van der Waals surface area contributed by atoms with Gasteiger partial charge in [0.1, 0.15) is 23.4 Å². The molecule has 9 heteroatoms. The summed E-state index contributed by atoms with van der Waals surface area (Å²) < 4.78 is 5.24. The van der Waals surface area contributed by atoms with Crippen molar-refractivity contribution in [2.75, 3.05) is 6.61 Å². The Morgan fingerprint density at radius 3 is 2.35 bits per heavy atom. The number of aryl methyl sites for hydroxylation is 1. The number of hydrogen-bond acceptors (Lipinski definition) is 6. The van der Waals surface area contributed by atoms with Crippen molar-refractivity contribution >= 4 is 17.9 Å². The Hall–Kier alpha value is -2.81. The number of alkyl carbamates (subject to hydrolysis) is 1. The number of carbonyl (C=O) groups is 3. The lowest BCUT2D eigenvalue weighted by Crippen LogP contribution is -2.55. The molecule has 1 aromatic rings. The van der Waals surface area contributed by atoms with E-state index in [4.69, 9.17) is 4.74 Å². The van der Waals surface area contributed by atoms with Gasteiger partial charge in [-0.2, -0.15) is 0 Å². The highest BCUT2D eigenvalue weighted by Crippen LogP contribution is 2.36. The normalized spacial score (nSPS) is 16.2. The number of phenols is 1. The number of nitrogens with one attached hydrogen (secondary N) is 2. The number of benzene rings is 1. The average molecular weight is 478 g/mol. The maximum atomic E-state index is 13.6. The van der Waals surface area contributed by atoms with Crippen LogP contribution in [0.15, 0.2) is 18.2 Å². The highest BCUT2D eigenvalue weighted by Gasteiger charge is 2.44. The Labute approximate surface area is 201 Å². The van der Waals surface area contributed by atoms with Crippen molar-refractivity contribution in [1.82, 2.24) is 15.5 Å². The molecule has 1 aromatic carbocycles. The molecule has 9 nitrogen and oxygen atoms in total. The van der Waals surface area contributed by atoms with E-state index in [1.54, 1.807) is 39.8 Å². The number of aromatic hydroxyl groups is 1. The van der Waals surface area contributed by atoms with Crippen LogP contribution < -0.4 is 10.6 Å². The van der Waals surface area contributed by atoms with Crippen molar-refractivity contribution < 1.29 is 29.3 Å². The number of rotatable bonds is 10. The lowest BCUT2D eigenvalue weighted by atomic mass is 9.99. The zero-order valence-electron chi connectivity index (χ0n) is 21.1. The topological polar surface area (TPSA) is 128 Å². The summed E-state index contributed by atoms with van der Waals surface area (Å²) in [6.45, 7) is 10.1. The van der Waals surface area contributed by atoms with Gasteiger partial charge < -0.3 is 30.5 Å². The monoisotopic (exact) mass is 477 g/mol. The van der Waals surface area contributed by atoms with Crippen LogP contribution in [-0.2, 0) is 14.3 Å². The lowest BCUT2D eigenvalue weighted by molar-refractivity contribution is -0.144. The first-order valence-corrected chi connectivity index (χ1v) is 11.9. The van der Waals surface area contributed by atoms with Gasteiger partial charge in [0.2, 0.25) is 11.8 Å². The fourth-order valence-corrected chi connectivity index (χ4v) is 3.80. The molecule has 190 valence electrons. The summed E-state index contributed by atoms with van der Waals surface area (Å²) >= 11 is 0. The molecule has 3 unspecified atom stereocenters. The zero-order valence-corrected chi connectivity index (χ0v) is 21.1. The first-order valence-electron chi connectivity index (χ1n) is 11.9. The van der Waals surface area contributed by atoms with Crippen LogP contribution in [-0.4, -0.2) is 63.4 Å². The Morgan fingerprint density at radius 1 is 1.21 bits per heavy atom. The minimum absolute atomic E-state index is 0.0892. The van der Waals surface area contributed by atoms with Crippen LogP contribution in [0.3, 0.4) is 0 Å². The molecule has 1 aliphatic carbocycles. The maximum absolute atomic E-state index is 13.6. The fourth-order valence-electron chi connectivity index (χ4n) is 3.80. The van der Waals surface area contributed by atoms with Crippen molar-refractivity contribution in [2.45, 2.75) is 97.0 Å². The molecule has 0 heterocycles. The number of amides is 3. The largest absolute Gasteiger partial charge is 0.508 e. The first-order chi connectivity index (χ1) is 15.9. The number of aliphatic hydroxyl groups excluding tert-OH is 1. The molecule has 4 N–H and O–H groups in total. The van der Waals surface area contributed by atoms with Gasteiger partial charge in [-0.1, -0.05) is 19.4 Å². The highest BCUT2D eigenvalue weighted by atomic mass is 16.6. The molecule has 1 aliphatic rings. The zero-order chi connectivity index (χ0) is 25.6. The van der Waals surface area contributed by atoms with Crippen molar-refractivity contribution in [3.05, 3.63) is 29.3 Å². The van der Waals surface area contributed by atoms with Crippen LogP contribution in [0, 0.1) is 6.92 Å². The molecule has 2 rings (SSSR count). The van der Waals surface area contributed by atoms with Gasteiger partial charge in [-0.3, -0.25) is 9.59 Å². The molecule has 34 heavy (non-hydrogen) atoms. The molecule has 0 aromatic heterocycles. The Morgan fingerprint density at radius 2 is 1.85 bits per heavy atom. The summed E-state index contributed by atoms with van der Waals surface area (Å²) in [5.74, 6) is -0.823. The van der Waals surface area contributed by atoms with E-state index in [2.05, 4.69) is 10.6 Å². The molecular formula is C25H39N3O6. The van der Waals surface area contributed by atoms with E-state index >= 15 is 0 Å². The van der Waals surface area contributed by atoms with Gasteiger partial charge in [-0.15, -0.1) is 0 Å². The van der Waals surface area contributed by atoms with Gasteiger partial charge in [0.15, 0.2) is 0 Å². The SMILES string of the molecule is CCCC(C)NC(=O)C(c1ccc(O)c(C)c1)N(C(=O)C(CO)NC(=O)OC(C)(C)C)C1CC1. The molecule has 3 amide bonds. The highest BCUT2D eigenvalue weighted by molar-refractivity contribution is 5.92. The summed E-state index contributed by atoms with van der Waals surface area (Å²) in [6, 6.07) is 2.26. The van der Waals surface area contributed by atoms with Gasteiger partial charge in [-0.05, 0) is 77.1 Å². The summed E-state index contributed by atoms with van der Waals surface area (Å²) in [5, 5.41) is 25.4. The van der Waals surface area contributed by atoms with E-state index in [9.17, 15) is 24.6 Å². The molecule has 3 atom stereocenters. The van der Waals surface area contributed by atoms with Crippen LogP contribution in [0.2, 0.25) is 0 Å². The van der Waals surface area contributed by atoms with Crippen molar-refractivity contribution in [3.63, 3.8) is 0 Å². The molecule has 0 saturated heterocycles. The number of hydrogen-bond donors (Lipinski definition) is 4. The van der Waals surface area contributed by atoms with Crippen LogP contribution in [0.25, 0.3) is 0 Å². The second-order valence-corrected chi connectivity index (χ2v) is 10.0. The van der Waals surface area contributed by atoms with Crippen molar-refractivity contribution in [1.29, 1.82) is 0 Å². The maximum Gasteiger partial charge on any atom is 0.408 e. The fraction of sp³-hybridized carbons (Fsp3) is 0.640. The van der Waals surface area contributed by atoms with Gasteiger partial charge in [0, 0.05) is 12.1 Å². The van der Waals surface area contributed by atoms with Gasteiger partial charge in [0.05, 0.1) is 6.61 Å². The van der Waals surface area contributed by atoms with E-state index in [-0.39, 0.29) is 23.7 Å². The van der Waals surface area contributed by atoms with E-state index in [0.29, 0.717) is 24.0 Å². The quantitative estimate of drug-likeness (QED) is 0.410. The summed E-state index contributed by atoms with van der Waals surface area (Å²) in [5.41, 5.74) is 0.349. The number of carbonyl (C=O) groups excluding carboxylic acids is 3. The summed E-state index contributed by atoms with van der Waals surface area (Å²) in [4.78, 5) is 40.8. The summed E-state index contributed by atoms with van der Waals surface area (Å²) in [7, 11) is 0. The second-order valence-electron chi connectivity index (χ2n) is 10.0. The Bertz CT molecular complexity index is 878. The molecule has 1 saturated carbocycles. The molecular weight excluding hydrogens is 438 g/mol.